The molecule has 0 fully saturated rings. The zero-order chi connectivity index (χ0) is 11.7. The molecule has 0 aliphatic carbocycles. The number of nitrogens with zero attached hydrogens (tertiary/aromatic N) is 1. The molecule has 2 nitrogen and oxygen atoms in total. The summed E-state index contributed by atoms with van der Waals surface area (Å²) < 4.78 is 35.4. The Hall–Kier alpha value is 0.0600. The highest BCUT2D eigenvalue weighted by molar-refractivity contribution is 8.00. The molecule has 0 rings (SSSR count). The van der Waals surface area contributed by atoms with E-state index in [4.69, 9.17) is 0 Å². The molecule has 0 atom stereocenters. The number of rotatable bonds is 8. The van der Waals surface area contributed by atoms with Crippen LogP contribution in [0.25, 0.3) is 0 Å². The third-order valence-electron chi connectivity index (χ3n) is 1.84. The molecule has 0 saturated heterocycles. The molecule has 0 aliphatic heterocycles. The van der Waals surface area contributed by atoms with Crippen molar-refractivity contribution in [3.8, 4) is 0 Å². The largest absolute Gasteiger partial charge is 0.441 e. The molecular weight excluding hydrogens is 225 g/mol. The number of nitrogens with one attached hydrogen (secondary N) is 1. The van der Waals surface area contributed by atoms with E-state index in [0.717, 1.165) is 26.1 Å². The molecule has 0 amide bonds. The smallest absolute Gasteiger partial charge is 0.315 e. The minimum atomic E-state index is -4.10. The average molecular weight is 244 g/mol. The van der Waals surface area contributed by atoms with E-state index in [2.05, 4.69) is 12.2 Å². The Morgan fingerprint density at radius 1 is 1.20 bits per heavy atom. The molecule has 0 unspecified atom stereocenters. The van der Waals surface area contributed by atoms with Gasteiger partial charge in [-0.1, -0.05) is 6.92 Å². The molecule has 0 aromatic rings. The number of halogens is 3. The van der Waals surface area contributed by atoms with Gasteiger partial charge in [0.15, 0.2) is 0 Å². The normalized spacial score (nSPS) is 12.4. The van der Waals surface area contributed by atoms with E-state index in [1.54, 1.807) is 0 Å². The third-order valence-corrected chi connectivity index (χ3v) is 2.55. The Labute approximate surface area is 93.6 Å². The maximum Gasteiger partial charge on any atom is 0.441 e. The molecular formula is C9H19F3N2S. The van der Waals surface area contributed by atoms with E-state index >= 15 is 0 Å². The van der Waals surface area contributed by atoms with Crippen LogP contribution in [0.4, 0.5) is 13.2 Å². The maximum absolute atomic E-state index is 11.8. The number of alkyl halides is 3. The topological polar surface area (TPSA) is 15.3 Å². The lowest BCUT2D eigenvalue weighted by molar-refractivity contribution is -0.0328. The highest BCUT2D eigenvalue weighted by Gasteiger charge is 2.27. The van der Waals surface area contributed by atoms with Crippen LogP contribution in [0, 0.1) is 0 Å². The van der Waals surface area contributed by atoms with E-state index in [9.17, 15) is 13.2 Å². The predicted molar refractivity (Wildman–Crippen MR) is 59.2 cm³/mol. The Morgan fingerprint density at radius 2 is 1.87 bits per heavy atom. The molecule has 0 aromatic carbocycles. The Balaban J connectivity index is 3.29. The molecule has 1 N–H and O–H groups in total. The van der Waals surface area contributed by atoms with Gasteiger partial charge < -0.3 is 10.2 Å². The number of likely N-dealkylation sites (N-methyl/N-ethyl adjacent to an activating group) is 1. The van der Waals surface area contributed by atoms with E-state index in [1.165, 1.54) is 0 Å². The summed E-state index contributed by atoms with van der Waals surface area (Å²) in [5.74, 6) is 0.105. The third kappa shape index (κ3) is 12.0. The molecule has 0 saturated carbocycles. The summed E-state index contributed by atoms with van der Waals surface area (Å²) in [6.45, 7) is 5.14. The van der Waals surface area contributed by atoms with E-state index in [1.807, 2.05) is 11.9 Å². The first-order chi connectivity index (χ1) is 6.95. The van der Waals surface area contributed by atoms with Gasteiger partial charge in [0.05, 0.1) is 0 Å². The van der Waals surface area contributed by atoms with Crippen LogP contribution in [-0.4, -0.2) is 49.4 Å². The lowest BCUT2D eigenvalue weighted by atomic mass is 10.4. The summed E-state index contributed by atoms with van der Waals surface area (Å²) in [5.41, 5.74) is -4.10. The van der Waals surface area contributed by atoms with Crippen molar-refractivity contribution >= 4 is 11.8 Å². The van der Waals surface area contributed by atoms with Gasteiger partial charge in [-0.2, -0.15) is 13.2 Å². The first kappa shape index (κ1) is 15.1. The molecule has 92 valence electrons. The maximum atomic E-state index is 11.8. The first-order valence-electron chi connectivity index (χ1n) is 5.05. The van der Waals surface area contributed by atoms with Crippen molar-refractivity contribution in [3.05, 3.63) is 0 Å². The van der Waals surface area contributed by atoms with Crippen LogP contribution in [0.15, 0.2) is 0 Å². The van der Waals surface area contributed by atoms with Gasteiger partial charge in [-0.25, -0.2) is 0 Å². The quantitative estimate of drug-likeness (QED) is 0.659. The standard InChI is InChI=1S/C9H19F3N2S/c1-3-4-13-5-6-14(2)7-8-15-9(10,11)12/h13H,3-8H2,1-2H3. The van der Waals surface area contributed by atoms with Gasteiger partial charge >= 0.3 is 5.51 Å². The highest BCUT2D eigenvalue weighted by atomic mass is 32.2. The van der Waals surface area contributed by atoms with Gasteiger partial charge in [-0.15, -0.1) is 0 Å². The van der Waals surface area contributed by atoms with Gasteiger partial charge in [0.1, 0.15) is 0 Å². The van der Waals surface area contributed by atoms with Crippen LogP contribution in [-0.2, 0) is 0 Å². The molecule has 0 bridgehead atoms. The van der Waals surface area contributed by atoms with Crippen molar-refractivity contribution in [2.24, 2.45) is 0 Å². The van der Waals surface area contributed by atoms with Crippen molar-refractivity contribution in [1.82, 2.24) is 10.2 Å². The van der Waals surface area contributed by atoms with Crippen molar-refractivity contribution in [1.29, 1.82) is 0 Å². The Kier molecular flexibility index (Phi) is 8.27. The van der Waals surface area contributed by atoms with Gasteiger partial charge in [-0.3, -0.25) is 0 Å². The second kappa shape index (κ2) is 8.24. The summed E-state index contributed by atoms with van der Waals surface area (Å²) in [4.78, 5) is 1.90. The van der Waals surface area contributed by atoms with Crippen LogP contribution in [0.1, 0.15) is 13.3 Å². The molecule has 0 radical (unpaired) electrons. The fraction of sp³-hybridized carbons (Fsp3) is 1.00. The molecule has 15 heavy (non-hydrogen) atoms. The summed E-state index contributed by atoms with van der Waals surface area (Å²) >= 11 is 0.0435. The highest BCUT2D eigenvalue weighted by Crippen LogP contribution is 2.29. The van der Waals surface area contributed by atoms with E-state index in [-0.39, 0.29) is 17.5 Å². The molecule has 0 aromatic heterocycles. The van der Waals surface area contributed by atoms with Crippen LogP contribution in [0.3, 0.4) is 0 Å². The fourth-order valence-electron chi connectivity index (χ4n) is 1.00. The number of thioether (sulfide) groups is 1. The first-order valence-corrected chi connectivity index (χ1v) is 6.04. The lowest BCUT2D eigenvalue weighted by Gasteiger charge is -2.16. The predicted octanol–water partition coefficient (Wildman–Crippen LogP) is 2.17. The monoisotopic (exact) mass is 244 g/mol. The number of hydrogen-bond donors (Lipinski definition) is 1. The fourth-order valence-corrected chi connectivity index (χ4v) is 1.64. The van der Waals surface area contributed by atoms with Crippen LogP contribution in [0.5, 0.6) is 0 Å². The molecule has 6 heteroatoms. The van der Waals surface area contributed by atoms with Crippen molar-refractivity contribution in [3.63, 3.8) is 0 Å². The summed E-state index contributed by atoms with van der Waals surface area (Å²) in [6.07, 6.45) is 1.08. The van der Waals surface area contributed by atoms with Gasteiger partial charge in [0, 0.05) is 25.4 Å². The molecule has 0 spiro atoms. The minimum Gasteiger partial charge on any atom is -0.315 e. The van der Waals surface area contributed by atoms with Gasteiger partial charge in [0.25, 0.3) is 0 Å². The summed E-state index contributed by atoms with van der Waals surface area (Å²) in [6, 6.07) is 0. The van der Waals surface area contributed by atoms with Gasteiger partial charge in [0.2, 0.25) is 0 Å². The van der Waals surface area contributed by atoms with Gasteiger partial charge in [-0.05, 0) is 31.8 Å². The SMILES string of the molecule is CCCNCCN(C)CCSC(F)(F)F. The minimum absolute atomic E-state index is 0.0435. The summed E-state index contributed by atoms with van der Waals surface area (Å²) in [5, 5.41) is 3.20. The number of hydrogen-bond acceptors (Lipinski definition) is 3. The van der Waals surface area contributed by atoms with Crippen LogP contribution >= 0.6 is 11.8 Å². The zero-order valence-electron chi connectivity index (χ0n) is 9.23. The van der Waals surface area contributed by atoms with Crippen molar-refractivity contribution in [2.75, 3.05) is 39.0 Å². The molecule has 0 aliphatic rings. The summed E-state index contributed by atoms with van der Waals surface area (Å²) in [7, 11) is 1.84. The second-order valence-electron chi connectivity index (χ2n) is 3.35. The van der Waals surface area contributed by atoms with Crippen molar-refractivity contribution in [2.45, 2.75) is 18.9 Å². The average Bonchev–Trinajstić information content (AvgIpc) is 2.10. The van der Waals surface area contributed by atoms with Crippen molar-refractivity contribution < 1.29 is 13.2 Å². The van der Waals surface area contributed by atoms with E-state index in [0.29, 0.717) is 6.54 Å². The van der Waals surface area contributed by atoms with E-state index < -0.39 is 5.51 Å². The van der Waals surface area contributed by atoms with Crippen LogP contribution < -0.4 is 5.32 Å². The second-order valence-corrected chi connectivity index (χ2v) is 4.51. The van der Waals surface area contributed by atoms with Crippen LogP contribution in [0.2, 0.25) is 0 Å². The Bertz CT molecular complexity index is 153. The Morgan fingerprint density at radius 3 is 2.40 bits per heavy atom. The zero-order valence-corrected chi connectivity index (χ0v) is 10.0. The lowest BCUT2D eigenvalue weighted by Crippen LogP contribution is -2.31. The molecule has 0 heterocycles.